The molecule has 2 unspecified atom stereocenters. The quantitative estimate of drug-likeness (QED) is 0.496. The summed E-state index contributed by atoms with van der Waals surface area (Å²) in [5, 5.41) is 12.9. The van der Waals surface area contributed by atoms with Gasteiger partial charge in [-0.2, -0.15) is 5.26 Å². The SMILES string of the molecule is CCCCCCC(C)OCCCC(C#N)(CC)NC(C)C. The van der Waals surface area contributed by atoms with Gasteiger partial charge in [0.2, 0.25) is 0 Å². The smallest absolute Gasteiger partial charge is 0.106 e. The van der Waals surface area contributed by atoms with Crippen LogP contribution in [0, 0.1) is 11.3 Å². The van der Waals surface area contributed by atoms with Gasteiger partial charge >= 0.3 is 0 Å². The van der Waals surface area contributed by atoms with E-state index in [0.29, 0.717) is 12.1 Å². The third-order valence-corrected chi connectivity index (χ3v) is 4.00. The van der Waals surface area contributed by atoms with Gasteiger partial charge in [0.15, 0.2) is 0 Å². The van der Waals surface area contributed by atoms with Gasteiger partial charge in [-0.1, -0.05) is 39.5 Å². The molecular weight excluding hydrogens is 260 g/mol. The molecule has 0 saturated heterocycles. The predicted molar refractivity (Wildman–Crippen MR) is 90.3 cm³/mol. The Labute approximate surface area is 132 Å². The number of rotatable bonds is 13. The normalized spacial score (nSPS) is 15.7. The van der Waals surface area contributed by atoms with Crippen molar-refractivity contribution in [1.82, 2.24) is 5.32 Å². The minimum atomic E-state index is -0.387. The van der Waals surface area contributed by atoms with Crippen LogP contribution in [0.15, 0.2) is 0 Å². The van der Waals surface area contributed by atoms with Gasteiger partial charge in [-0.25, -0.2) is 0 Å². The van der Waals surface area contributed by atoms with Gasteiger partial charge in [0, 0.05) is 12.6 Å². The van der Waals surface area contributed by atoms with E-state index in [-0.39, 0.29) is 5.54 Å². The minimum Gasteiger partial charge on any atom is -0.379 e. The fourth-order valence-electron chi connectivity index (χ4n) is 2.67. The van der Waals surface area contributed by atoms with Gasteiger partial charge in [-0.3, -0.25) is 5.32 Å². The summed E-state index contributed by atoms with van der Waals surface area (Å²) in [5.41, 5.74) is -0.387. The molecule has 0 bridgehead atoms. The fraction of sp³-hybridized carbons (Fsp3) is 0.944. The lowest BCUT2D eigenvalue weighted by atomic mass is 9.91. The third-order valence-electron chi connectivity index (χ3n) is 4.00. The summed E-state index contributed by atoms with van der Waals surface area (Å²) >= 11 is 0. The first-order valence-corrected chi connectivity index (χ1v) is 8.80. The van der Waals surface area contributed by atoms with Gasteiger partial charge in [0.05, 0.1) is 12.2 Å². The van der Waals surface area contributed by atoms with E-state index >= 15 is 0 Å². The second-order valence-corrected chi connectivity index (χ2v) is 6.48. The summed E-state index contributed by atoms with van der Waals surface area (Å²) in [6.45, 7) is 11.4. The second-order valence-electron chi connectivity index (χ2n) is 6.48. The predicted octanol–water partition coefficient (Wildman–Crippen LogP) is 4.81. The highest BCUT2D eigenvalue weighted by Crippen LogP contribution is 2.18. The first kappa shape index (κ1) is 20.4. The van der Waals surface area contributed by atoms with Crippen LogP contribution >= 0.6 is 0 Å². The van der Waals surface area contributed by atoms with Crippen LogP contribution in [0.25, 0.3) is 0 Å². The van der Waals surface area contributed by atoms with E-state index in [9.17, 15) is 5.26 Å². The molecule has 3 nitrogen and oxygen atoms in total. The Morgan fingerprint density at radius 1 is 1.10 bits per heavy atom. The molecule has 0 heterocycles. The van der Waals surface area contributed by atoms with Crippen LogP contribution in [0.4, 0.5) is 0 Å². The zero-order chi connectivity index (χ0) is 16.1. The van der Waals surface area contributed by atoms with Crippen LogP contribution in [0.1, 0.15) is 86.0 Å². The number of nitrogens with one attached hydrogen (secondary N) is 1. The topological polar surface area (TPSA) is 45.0 Å². The fourth-order valence-corrected chi connectivity index (χ4v) is 2.67. The lowest BCUT2D eigenvalue weighted by Gasteiger charge is -2.29. The molecule has 0 amide bonds. The molecule has 0 rings (SSSR count). The molecule has 0 spiro atoms. The molecule has 0 fully saturated rings. The molecule has 21 heavy (non-hydrogen) atoms. The van der Waals surface area contributed by atoms with Crippen LogP contribution in [-0.4, -0.2) is 24.3 Å². The molecular formula is C18H36N2O. The van der Waals surface area contributed by atoms with Gasteiger partial charge in [0.1, 0.15) is 5.54 Å². The Balaban J connectivity index is 3.87. The molecule has 0 aromatic carbocycles. The van der Waals surface area contributed by atoms with E-state index in [1.54, 1.807) is 0 Å². The summed E-state index contributed by atoms with van der Waals surface area (Å²) in [4.78, 5) is 0. The number of hydrogen-bond acceptors (Lipinski definition) is 3. The lowest BCUT2D eigenvalue weighted by molar-refractivity contribution is 0.0530. The maximum absolute atomic E-state index is 9.45. The zero-order valence-electron chi connectivity index (χ0n) is 14.9. The molecule has 0 aromatic heterocycles. The summed E-state index contributed by atoms with van der Waals surface area (Å²) in [5.74, 6) is 0. The molecule has 2 atom stereocenters. The zero-order valence-corrected chi connectivity index (χ0v) is 14.9. The molecule has 124 valence electrons. The molecule has 1 N–H and O–H groups in total. The number of unbranched alkanes of at least 4 members (excludes halogenated alkanes) is 3. The van der Waals surface area contributed by atoms with Crippen molar-refractivity contribution in [2.75, 3.05) is 6.61 Å². The molecule has 0 aliphatic heterocycles. The van der Waals surface area contributed by atoms with Crippen LogP contribution in [0.2, 0.25) is 0 Å². The Kier molecular flexibility index (Phi) is 11.7. The maximum atomic E-state index is 9.45. The average Bonchev–Trinajstić information content (AvgIpc) is 2.46. The van der Waals surface area contributed by atoms with Gasteiger partial charge < -0.3 is 4.74 Å². The van der Waals surface area contributed by atoms with E-state index in [4.69, 9.17) is 4.74 Å². The van der Waals surface area contributed by atoms with Crippen molar-refractivity contribution in [2.24, 2.45) is 0 Å². The average molecular weight is 296 g/mol. The molecule has 0 aliphatic carbocycles. The van der Waals surface area contributed by atoms with Crippen molar-refractivity contribution in [3.63, 3.8) is 0 Å². The Hall–Kier alpha value is -0.590. The second kappa shape index (κ2) is 12.0. The van der Waals surface area contributed by atoms with Crippen LogP contribution in [0.3, 0.4) is 0 Å². The standard InChI is InChI=1S/C18H36N2O/c1-6-8-9-10-12-17(5)21-14-11-13-18(7-2,15-19)20-16(3)4/h16-17,20H,6-14H2,1-5H3. The first-order valence-electron chi connectivity index (χ1n) is 8.80. The minimum absolute atomic E-state index is 0.336. The molecule has 3 heteroatoms. The number of nitriles is 1. The van der Waals surface area contributed by atoms with Crippen molar-refractivity contribution < 1.29 is 4.74 Å². The summed E-state index contributed by atoms with van der Waals surface area (Å²) in [7, 11) is 0. The van der Waals surface area contributed by atoms with Crippen molar-refractivity contribution in [2.45, 2.75) is 104 Å². The highest BCUT2D eigenvalue weighted by Gasteiger charge is 2.27. The monoisotopic (exact) mass is 296 g/mol. The van der Waals surface area contributed by atoms with Crippen molar-refractivity contribution in [3.05, 3.63) is 0 Å². The van der Waals surface area contributed by atoms with Crippen molar-refractivity contribution >= 4 is 0 Å². The largest absolute Gasteiger partial charge is 0.379 e. The van der Waals surface area contributed by atoms with Gasteiger partial charge in [-0.05, 0) is 46.5 Å². The number of nitrogens with zero attached hydrogens (tertiary/aromatic N) is 1. The molecule has 0 aromatic rings. The van der Waals surface area contributed by atoms with E-state index in [1.807, 2.05) is 0 Å². The molecule has 0 saturated carbocycles. The van der Waals surface area contributed by atoms with E-state index in [0.717, 1.165) is 32.3 Å². The van der Waals surface area contributed by atoms with Crippen LogP contribution < -0.4 is 5.32 Å². The maximum Gasteiger partial charge on any atom is 0.106 e. The lowest BCUT2D eigenvalue weighted by Crippen LogP contribution is -2.47. The van der Waals surface area contributed by atoms with Crippen LogP contribution in [0.5, 0.6) is 0 Å². The Morgan fingerprint density at radius 2 is 1.81 bits per heavy atom. The highest BCUT2D eigenvalue weighted by molar-refractivity contribution is 5.06. The Morgan fingerprint density at radius 3 is 2.33 bits per heavy atom. The van der Waals surface area contributed by atoms with Gasteiger partial charge in [-0.15, -0.1) is 0 Å². The molecule has 0 aliphatic rings. The first-order chi connectivity index (χ1) is 9.99. The third kappa shape index (κ3) is 9.87. The summed E-state index contributed by atoms with van der Waals surface area (Å²) in [6.07, 6.45) is 9.34. The number of ether oxygens (including phenoxy) is 1. The van der Waals surface area contributed by atoms with Gasteiger partial charge in [0.25, 0.3) is 0 Å². The summed E-state index contributed by atoms with van der Waals surface area (Å²) in [6, 6.07) is 2.80. The molecule has 0 radical (unpaired) electrons. The Bertz CT molecular complexity index is 285. The van der Waals surface area contributed by atoms with Crippen molar-refractivity contribution in [1.29, 1.82) is 5.26 Å². The van der Waals surface area contributed by atoms with Crippen molar-refractivity contribution in [3.8, 4) is 6.07 Å². The number of hydrogen-bond donors (Lipinski definition) is 1. The van der Waals surface area contributed by atoms with E-state index < -0.39 is 0 Å². The highest BCUT2D eigenvalue weighted by atomic mass is 16.5. The summed E-state index contributed by atoms with van der Waals surface area (Å²) < 4.78 is 5.87. The van der Waals surface area contributed by atoms with E-state index in [2.05, 4.69) is 46.0 Å². The van der Waals surface area contributed by atoms with Crippen LogP contribution in [-0.2, 0) is 4.74 Å². The van der Waals surface area contributed by atoms with E-state index in [1.165, 1.54) is 25.7 Å².